The van der Waals surface area contributed by atoms with E-state index in [2.05, 4.69) is 73.9 Å². The lowest BCUT2D eigenvalue weighted by atomic mass is 9.96. The Morgan fingerprint density at radius 3 is 2.35 bits per heavy atom. The first kappa shape index (κ1) is 14.7. The molecule has 0 radical (unpaired) electrons. The van der Waals surface area contributed by atoms with Gasteiger partial charge in [-0.1, -0.05) is 54.6 Å². The molecule has 0 saturated carbocycles. The molecule has 2 aromatic rings. The fraction of sp³-hybridized carbons (Fsp3) is 0.158. The molecule has 102 valence electrons. The largest absolute Gasteiger partial charge is 0.130 e. The van der Waals surface area contributed by atoms with Crippen LogP contribution in [0.5, 0.6) is 0 Å². The molecule has 0 amide bonds. The molecule has 0 aliphatic heterocycles. The molecule has 0 bridgehead atoms. The molecular weight excluding hydrogens is 260 g/mol. The van der Waals surface area contributed by atoms with Gasteiger partial charge in [-0.15, -0.1) is 11.8 Å². The average molecular weight is 280 g/mol. The number of rotatable bonds is 4. The third-order valence-electron chi connectivity index (χ3n) is 3.36. The van der Waals surface area contributed by atoms with Gasteiger partial charge in [0, 0.05) is 4.90 Å². The van der Waals surface area contributed by atoms with Crippen LogP contribution in [0.2, 0.25) is 0 Å². The first-order valence-electron chi connectivity index (χ1n) is 6.79. The van der Waals surface area contributed by atoms with Gasteiger partial charge in [0.2, 0.25) is 0 Å². The summed E-state index contributed by atoms with van der Waals surface area (Å²) in [4.78, 5) is 1.30. The van der Waals surface area contributed by atoms with Crippen molar-refractivity contribution >= 4 is 17.8 Å². The van der Waals surface area contributed by atoms with Crippen molar-refractivity contribution in [3.63, 3.8) is 0 Å². The van der Waals surface area contributed by atoms with Gasteiger partial charge in [0.1, 0.15) is 0 Å². The Morgan fingerprint density at radius 1 is 0.950 bits per heavy atom. The molecule has 0 spiro atoms. The van der Waals surface area contributed by atoms with Crippen molar-refractivity contribution in [3.8, 4) is 11.1 Å². The second kappa shape index (κ2) is 7.16. The summed E-state index contributed by atoms with van der Waals surface area (Å²) in [5.74, 6) is 0. The zero-order valence-corrected chi connectivity index (χ0v) is 13.1. The summed E-state index contributed by atoms with van der Waals surface area (Å²) in [6, 6.07) is 15.2. The normalized spacial score (nSPS) is 11.6. The van der Waals surface area contributed by atoms with Crippen molar-refractivity contribution < 1.29 is 0 Å². The van der Waals surface area contributed by atoms with E-state index in [9.17, 15) is 0 Å². The third-order valence-corrected chi connectivity index (χ3v) is 4.10. The molecule has 0 aliphatic carbocycles. The van der Waals surface area contributed by atoms with Crippen LogP contribution >= 0.6 is 11.8 Å². The van der Waals surface area contributed by atoms with Crippen LogP contribution in [0.3, 0.4) is 0 Å². The van der Waals surface area contributed by atoms with Crippen LogP contribution in [0, 0.1) is 6.92 Å². The Bertz CT molecular complexity index is 619. The van der Waals surface area contributed by atoms with Crippen molar-refractivity contribution in [1.82, 2.24) is 0 Å². The zero-order chi connectivity index (χ0) is 14.4. The van der Waals surface area contributed by atoms with Crippen LogP contribution in [0.15, 0.2) is 65.6 Å². The quantitative estimate of drug-likeness (QED) is 0.491. The van der Waals surface area contributed by atoms with E-state index in [1.165, 1.54) is 27.1 Å². The Labute approximate surface area is 126 Å². The topological polar surface area (TPSA) is 0 Å². The Morgan fingerprint density at radius 2 is 1.70 bits per heavy atom. The predicted molar refractivity (Wildman–Crippen MR) is 92.2 cm³/mol. The highest BCUT2D eigenvalue weighted by Crippen LogP contribution is 2.28. The number of allylic oxidation sites excluding steroid dienone is 3. The van der Waals surface area contributed by atoms with Crippen molar-refractivity contribution in [2.75, 3.05) is 6.26 Å². The second-order valence-corrected chi connectivity index (χ2v) is 5.51. The van der Waals surface area contributed by atoms with E-state index in [-0.39, 0.29) is 0 Å². The SMILES string of the molecule is C/C=C/C=C/c1cccc(-c2ccc(SC)cc2)c1C. The van der Waals surface area contributed by atoms with Gasteiger partial charge < -0.3 is 0 Å². The molecule has 2 rings (SSSR count). The van der Waals surface area contributed by atoms with E-state index < -0.39 is 0 Å². The van der Waals surface area contributed by atoms with Crippen LogP contribution in [0.4, 0.5) is 0 Å². The van der Waals surface area contributed by atoms with Crippen LogP contribution < -0.4 is 0 Å². The third kappa shape index (κ3) is 3.43. The van der Waals surface area contributed by atoms with E-state index in [1.54, 1.807) is 11.8 Å². The fourth-order valence-electron chi connectivity index (χ4n) is 2.19. The van der Waals surface area contributed by atoms with Gasteiger partial charge >= 0.3 is 0 Å². The lowest BCUT2D eigenvalue weighted by Crippen LogP contribution is -1.87. The molecule has 0 aromatic heterocycles. The zero-order valence-electron chi connectivity index (χ0n) is 12.3. The summed E-state index contributed by atoms with van der Waals surface area (Å²) >= 11 is 1.77. The van der Waals surface area contributed by atoms with Crippen LogP contribution in [0.1, 0.15) is 18.1 Å². The number of thioether (sulfide) groups is 1. The monoisotopic (exact) mass is 280 g/mol. The minimum absolute atomic E-state index is 1.27. The van der Waals surface area contributed by atoms with Gasteiger partial charge in [-0.3, -0.25) is 0 Å². The van der Waals surface area contributed by atoms with Crippen molar-refractivity contribution in [2.45, 2.75) is 18.7 Å². The molecule has 2 aromatic carbocycles. The summed E-state index contributed by atoms with van der Waals surface area (Å²) in [6.45, 7) is 4.22. The minimum Gasteiger partial charge on any atom is -0.130 e. The first-order chi connectivity index (χ1) is 9.76. The standard InChI is InChI=1S/C19H20S/c1-4-5-6-8-16-9-7-10-19(15(16)2)17-11-13-18(20-3)14-12-17/h4-14H,1-3H3/b5-4+,8-6+. The Hall–Kier alpha value is -1.73. The maximum Gasteiger partial charge on any atom is 0.00695 e. The van der Waals surface area contributed by atoms with Crippen molar-refractivity contribution in [1.29, 1.82) is 0 Å². The summed E-state index contributed by atoms with van der Waals surface area (Å²) in [6.07, 6.45) is 10.4. The minimum atomic E-state index is 1.27. The number of benzene rings is 2. The molecule has 0 unspecified atom stereocenters. The number of hydrogen-bond acceptors (Lipinski definition) is 1. The van der Waals surface area contributed by atoms with E-state index in [1.807, 2.05) is 13.0 Å². The van der Waals surface area contributed by atoms with E-state index >= 15 is 0 Å². The summed E-state index contributed by atoms with van der Waals surface area (Å²) in [7, 11) is 0. The molecular formula is C19H20S. The molecule has 0 N–H and O–H groups in total. The molecule has 0 nitrogen and oxygen atoms in total. The smallest absolute Gasteiger partial charge is 0.00695 e. The fourth-order valence-corrected chi connectivity index (χ4v) is 2.60. The van der Waals surface area contributed by atoms with Crippen LogP contribution in [-0.2, 0) is 0 Å². The maximum absolute atomic E-state index is 2.20. The lowest BCUT2D eigenvalue weighted by Gasteiger charge is -2.09. The molecule has 0 heterocycles. The molecule has 1 heteroatoms. The van der Waals surface area contributed by atoms with Crippen LogP contribution in [-0.4, -0.2) is 6.26 Å². The van der Waals surface area contributed by atoms with Crippen LogP contribution in [0.25, 0.3) is 17.2 Å². The van der Waals surface area contributed by atoms with Gasteiger partial charge in [0.15, 0.2) is 0 Å². The lowest BCUT2D eigenvalue weighted by molar-refractivity contribution is 1.41. The molecule has 20 heavy (non-hydrogen) atoms. The average Bonchev–Trinajstić information content (AvgIpc) is 2.49. The summed E-state index contributed by atoms with van der Waals surface area (Å²) in [5.41, 5.74) is 5.18. The molecule has 0 atom stereocenters. The highest BCUT2D eigenvalue weighted by Gasteiger charge is 2.04. The van der Waals surface area contributed by atoms with E-state index in [4.69, 9.17) is 0 Å². The summed E-state index contributed by atoms with van der Waals surface area (Å²) < 4.78 is 0. The number of hydrogen-bond donors (Lipinski definition) is 0. The molecule has 0 aliphatic rings. The van der Waals surface area contributed by atoms with Gasteiger partial charge in [-0.2, -0.15) is 0 Å². The highest BCUT2D eigenvalue weighted by atomic mass is 32.2. The maximum atomic E-state index is 2.20. The van der Waals surface area contributed by atoms with Gasteiger partial charge in [-0.05, 0) is 54.5 Å². The summed E-state index contributed by atoms with van der Waals surface area (Å²) in [5, 5.41) is 0. The highest BCUT2D eigenvalue weighted by molar-refractivity contribution is 7.98. The van der Waals surface area contributed by atoms with Gasteiger partial charge in [0.25, 0.3) is 0 Å². The van der Waals surface area contributed by atoms with E-state index in [0.29, 0.717) is 0 Å². The Kier molecular flexibility index (Phi) is 5.25. The van der Waals surface area contributed by atoms with Crippen molar-refractivity contribution in [2.24, 2.45) is 0 Å². The van der Waals surface area contributed by atoms with Crippen molar-refractivity contribution in [3.05, 3.63) is 71.8 Å². The second-order valence-electron chi connectivity index (χ2n) is 4.63. The first-order valence-corrected chi connectivity index (χ1v) is 8.02. The van der Waals surface area contributed by atoms with Gasteiger partial charge in [-0.25, -0.2) is 0 Å². The Balaban J connectivity index is 2.38. The predicted octanol–water partition coefficient (Wildman–Crippen LogP) is 5.97. The molecule has 0 fully saturated rings. The van der Waals surface area contributed by atoms with E-state index in [0.717, 1.165) is 0 Å². The van der Waals surface area contributed by atoms with Gasteiger partial charge in [0.05, 0.1) is 0 Å². The molecule has 0 saturated heterocycles.